The van der Waals surface area contributed by atoms with E-state index in [1.165, 1.54) is 19.3 Å². The molecule has 0 spiro atoms. The quantitative estimate of drug-likeness (QED) is 0.947. The van der Waals surface area contributed by atoms with Crippen LogP contribution in [0.3, 0.4) is 0 Å². The normalized spacial score (nSPS) is 15.8. The summed E-state index contributed by atoms with van der Waals surface area (Å²) < 4.78 is 1.84. The first-order valence-electron chi connectivity index (χ1n) is 8.32. The summed E-state index contributed by atoms with van der Waals surface area (Å²) in [5.41, 5.74) is 4.32. The van der Waals surface area contributed by atoms with Crippen LogP contribution in [-0.4, -0.2) is 43.9 Å². The van der Waals surface area contributed by atoms with Crippen molar-refractivity contribution >= 4 is 5.91 Å². The number of carbonyl (C=O) groups is 1. The van der Waals surface area contributed by atoms with Crippen molar-refractivity contribution in [2.75, 3.05) is 7.05 Å². The molecule has 1 fully saturated rings. The molecule has 2 aromatic rings. The second-order valence-corrected chi connectivity index (χ2v) is 6.54. The van der Waals surface area contributed by atoms with E-state index in [0.717, 1.165) is 35.5 Å². The molecule has 1 aliphatic rings. The van der Waals surface area contributed by atoms with E-state index in [4.69, 9.17) is 0 Å². The zero-order valence-corrected chi connectivity index (χ0v) is 14.4. The first kappa shape index (κ1) is 15.8. The fraction of sp³-hybridized carbons (Fsp3) is 0.588. The van der Waals surface area contributed by atoms with Crippen LogP contribution in [0, 0.1) is 13.8 Å². The molecule has 124 valence electrons. The molecule has 6 heteroatoms. The van der Waals surface area contributed by atoms with Crippen LogP contribution in [0.25, 0.3) is 11.3 Å². The highest BCUT2D eigenvalue weighted by atomic mass is 16.2. The van der Waals surface area contributed by atoms with Crippen LogP contribution < -0.4 is 0 Å². The van der Waals surface area contributed by atoms with Crippen molar-refractivity contribution in [3.63, 3.8) is 0 Å². The molecule has 1 aliphatic carbocycles. The maximum Gasteiger partial charge on any atom is 0.271 e. The van der Waals surface area contributed by atoms with Gasteiger partial charge in [0.25, 0.3) is 5.91 Å². The van der Waals surface area contributed by atoms with Crippen LogP contribution in [0.2, 0.25) is 0 Å². The minimum atomic E-state index is 0.0230. The van der Waals surface area contributed by atoms with Gasteiger partial charge in [-0.15, -0.1) is 0 Å². The summed E-state index contributed by atoms with van der Waals surface area (Å²) in [5, 5.41) is 11.7. The number of aryl methyl sites for hydroxylation is 2. The number of aromatic nitrogens is 4. The van der Waals surface area contributed by atoms with Crippen LogP contribution in [-0.2, 0) is 7.05 Å². The number of nitrogens with zero attached hydrogens (tertiary/aromatic N) is 4. The number of nitrogens with one attached hydrogen (secondary N) is 1. The molecule has 3 rings (SSSR count). The molecule has 0 unspecified atom stereocenters. The zero-order valence-electron chi connectivity index (χ0n) is 14.4. The van der Waals surface area contributed by atoms with Gasteiger partial charge in [0.2, 0.25) is 0 Å². The summed E-state index contributed by atoms with van der Waals surface area (Å²) >= 11 is 0. The molecule has 0 bridgehead atoms. The van der Waals surface area contributed by atoms with Gasteiger partial charge in [0.15, 0.2) is 0 Å². The van der Waals surface area contributed by atoms with E-state index in [2.05, 4.69) is 15.3 Å². The van der Waals surface area contributed by atoms with Gasteiger partial charge in [-0.3, -0.25) is 14.6 Å². The topological polar surface area (TPSA) is 66.8 Å². The molecule has 23 heavy (non-hydrogen) atoms. The van der Waals surface area contributed by atoms with Crippen molar-refractivity contribution in [2.24, 2.45) is 7.05 Å². The predicted molar refractivity (Wildman–Crippen MR) is 89.2 cm³/mol. The highest BCUT2D eigenvalue weighted by Crippen LogP contribution is 2.26. The van der Waals surface area contributed by atoms with Crippen molar-refractivity contribution in [3.05, 3.63) is 23.1 Å². The summed E-state index contributed by atoms with van der Waals surface area (Å²) in [6.45, 7) is 3.98. The lowest BCUT2D eigenvalue weighted by molar-refractivity contribution is 0.0690. The number of carbonyl (C=O) groups excluding carboxylic acids is 1. The molecule has 0 atom stereocenters. The number of hydrogen-bond donors (Lipinski definition) is 1. The summed E-state index contributed by atoms with van der Waals surface area (Å²) in [7, 11) is 3.82. The Morgan fingerprint density at radius 1 is 1.30 bits per heavy atom. The Labute approximate surface area is 136 Å². The van der Waals surface area contributed by atoms with Gasteiger partial charge in [-0.05, 0) is 32.8 Å². The van der Waals surface area contributed by atoms with E-state index in [9.17, 15) is 4.79 Å². The van der Waals surface area contributed by atoms with E-state index < -0.39 is 0 Å². The lowest BCUT2D eigenvalue weighted by Gasteiger charge is -2.30. The standard InChI is InChI=1S/C17H25N5O/c1-11-16(12(2)22(4)20-11)14-10-15(19-18-14)17(23)21(3)13-8-6-5-7-9-13/h10,13H,5-9H2,1-4H3,(H,18,19). The molecule has 2 heterocycles. The Bertz CT molecular complexity index is 709. The number of H-pyrrole nitrogens is 1. The Balaban J connectivity index is 1.82. The van der Waals surface area contributed by atoms with Crippen molar-refractivity contribution in [1.29, 1.82) is 0 Å². The van der Waals surface area contributed by atoms with Crippen molar-refractivity contribution in [3.8, 4) is 11.3 Å². The smallest absolute Gasteiger partial charge is 0.271 e. The average Bonchev–Trinajstić information content (AvgIpc) is 3.12. The van der Waals surface area contributed by atoms with Crippen LogP contribution in [0.1, 0.15) is 54.0 Å². The zero-order chi connectivity index (χ0) is 16.6. The minimum Gasteiger partial charge on any atom is -0.337 e. The molecule has 6 nitrogen and oxygen atoms in total. The van der Waals surface area contributed by atoms with Crippen LogP contribution in [0.5, 0.6) is 0 Å². The van der Waals surface area contributed by atoms with Gasteiger partial charge >= 0.3 is 0 Å². The van der Waals surface area contributed by atoms with Gasteiger partial charge < -0.3 is 4.90 Å². The minimum absolute atomic E-state index is 0.0230. The van der Waals surface area contributed by atoms with Crippen molar-refractivity contribution in [1.82, 2.24) is 24.9 Å². The van der Waals surface area contributed by atoms with Gasteiger partial charge in [0.05, 0.1) is 11.4 Å². The van der Waals surface area contributed by atoms with Gasteiger partial charge in [-0.1, -0.05) is 19.3 Å². The molecule has 1 saturated carbocycles. The van der Waals surface area contributed by atoms with E-state index in [0.29, 0.717) is 11.7 Å². The molecule has 2 aromatic heterocycles. The van der Waals surface area contributed by atoms with Crippen molar-refractivity contribution < 1.29 is 4.79 Å². The highest BCUT2D eigenvalue weighted by molar-refractivity contribution is 5.93. The number of rotatable bonds is 3. The molecule has 0 radical (unpaired) electrons. The Morgan fingerprint density at radius 3 is 2.61 bits per heavy atom. The molecule has 1 amide bonds. The first-order valence-corrected chi connectivity index (χ1v) is 8.32. The number of amides is 1. The van der Waals surface area contributed by atoms with Gasteiger partial charge in [-0.25, -0.2) is 0 Å². The fourth-order valence-corrected chi connectivity index (χ4v) is 3.53. The highest BCUT2D eigenvalue weighted by Gasteiger charge is 2.25. The Hall–Kier alpha value is -2.11. The number of hydrogen-bond acceptors (Lipinski definition) is 3. The number of aromatic amines is 1. The predicted octanol–water partition coefficient (Wildman–Crippen LogP) is 2.83. The monoisotopic (exact) mass is 315 g/mol. The van der Waals surface area contributed by atoms with Crippen molar-refractivity contribution in [2.45, 2.75) is 52.0 Å². The Morgan fingerprint density at radius 2 is 2.00 bits per heavy atom. The van der Waals surface area contributed by atoms with E-state index in [1.54, 1.807) is 0 Å². The molecule has 0 aliphatic heterocycles. The van der Waals surface area contributed by atoms with E-state index >= 15 is 0 Å². The van der Waals surface area contributed by atoms with Gasteiger partial charge in [0.1, 0.15) is 5.69 Å². The summed E-state index contributed by atoms with van der Waals surface area (Å²) in [6.07, 6.45) is 5.91. The second kappa shape index (κ2) is 6.18. The third-order valence-corrected chi connectivity index (χ3v) is 5.02. The second-order valence-electron chi connectivity index (χ2n) is 6.54. The molecule has 0 aromatic carbocycles. The average molecular weight is 315 g/mol. The van der Waals surface area contributed by atoms with Crippen LogP contribution in [0.4, 0.5) is 0 Å². The molecule has 1 N–H and O–H groups in total. The SMILES string of the molecule is Cc1nn(C)c(C)c1-c1cc(C(=O)N(C)C2CCCCC2)[nH]n1. The summed E-state index contributed by atoms with van der Waals surface area (Å²) in [4.78, 5) is 14.6. The fourth-order valence-electron chi connectivity index (χ4n) is 3.53. The Kier molecular flexibility index (Phi) is 4.24. The summed E-state index contributed by atoms with van der Waals surface area (Å²) in [6, 6.07) is 2.20. The first-order chi connectivity index (χ1) is 11.0. The van der Waals surface area contributed by atoms with E-state index in [-0.39, 0.29) is 5.91 Å². The molecular weight excluding hydrogens is 290 g/mol. The molecule has 0 saturated heterocycles. The van der Waals surface area contributed by atoms with Crippen LogP contribution in [0.15, 0.2) is 6.07 Å². The van der Waals surface area contributed by atoms with Gasteiger partial charge in [0, 0.05) is 31.4 Å². The lowest BCUT2D eigenvalue weighted by Crippen LogP contribution is -2.38. The molecular formula is C17H25N5O. The largest absolute Gasteiger partial charge is 0.337 e. The maximum absolute atomic E-state index is 12.7. The van der Waals surface area contributed by atoms with Gasteiger partial charge in [-0.2, -0.15) is 10.2 Å². The van der Waals surface area contributed by atoms with Crippen LogP contribution >= 0.6 is 0 Å². The lowest BCUT2D eigenvalue weighted by atomic mass is 9.94. The third-order valence-electron chi connectivity index (χ3n) is 5.02. The third kappa shape index (κ3) is 2.90. The van der Waals surface area contributed by atoms with E-state index in [1.807, 2.05) is 43.6 Å². The summed E-state index contributed by atoms with van der Waals surface area (Å²) in [5.74, 6) is 0.0230. The maximum atomic E-state index is 12.7.